The van der Waals surface area contributed by atoms with Crippen molar-refractivity contribution in [2.75, 3.05) is 0 Å². The topological polar surface area (TPSA) is 54.9 Å². The summed E-state index contributed by atoms with van der Waals surface area (Å²) in [6.45, 7) is 6.16. The number of carbonyl (C=O) groups is 1. The van der Waals surface area contributed by atoms with Crippen LogP contribution in [0.5, 0.6) is 0 Å². The van der Waals surface area contributed by atoms with Gasteiger partial charge in [-0.3, -0.25) is 14.8 Å². The number of hydrogen-bond donors (Lipinski definition) is 1. The Bertz CT molecular complexity index is 588. The van der Waals surface area contributed by atoms with Gasteiger partial charge in [-0.1, -0.05) is 26.8 Å². The monoisotopic (exact) mass is 269 g/mol. The first-order valence-electron chi connectivity index (χ1n) is 6.61. The lowest BCUT2D eigenvalue weighted by Gasteiger charge is -2.18. The highest BCUT2D eigenvalue weighted by Crippen LogP contribution is 2.20. The van der Waals surface area contributed by atoms with Crippen LogP contribution in [0.4, 0.5) is 0 Å². The molecule has 1 amide bonds. The first-order chi connectivity index (χ1) is 9.48. The van der Waals surface area contributed by atoms with Gasteiger partial charge in [0.2, 0.25) is 5.91 Å². The zero-order valence-electron chi connectivity index (χ0n) is 12.1. The van der Waals surface area contributed by atoms with Crippen molar-refractivity contribution in [2.24, 2.45) is 5.41 Å². The second-order valence-corrected chi connectivity index (χ2v) is 5.69. The van der Waals surface area contributed by atoms with E-state index >= 15 is 0 Å². The molecule has 104 valence electrons. The summed E-state index contributed by atoms with van der Waals surface area (Å²) in [5.74, 6) is 0.0264. The molecular formula is C16H19N3O. The molecule has 0 bridgehead atoms. The van der Waals surface area contributed by atoms with Crippen LogP contribution in [0.1, 0.15) is 26.3 Å². The van der Waals surface area contributed by atoms with Crippen LogP contribution in [0.15, 0.2) is 42.9 Å². The zero-order chi connectivity index (χ0) is 14.6. The summed E-state index contributed by atoms with van der Waals surface area (Å²) in [5.41, 5.74) is 2.40. The number of pyridine rings is 2. The molecule has 4 heteroatoms. The number of amides is 1. The van der Waals surface area contributed by atoms with Crippen molar-refractivity contribution in [2.45, 2.75) is 27.3 Å². The Kier molecular flexibility index (Phi) is 4.13. The van der Waals surface area contributed by atoms with Gasteiger partial charge in [-0.15, -0.1) is 0 Å². The van der Waals surface area contributed by atoms with Gasteiger partial charge in [0.05, 0.1) is 5.69 Å². The number of carbonyl (C=O) groups excluding carboxylic acids is 1. The maximum Gasteiger partial charge on any atom is 0.225 e. The van der Waals surface area contributed by atoms with Crippen molar-refractivity contribution < 1.29 is 4.79 Å². The predicted molar refractivity (Wildman–Crippen MR) is 78.8 cm³/mol. The molecule has 0 saturated heterocycles. The van der Waals surface area contributed by atoms with E-state index in [1.165, 1.54) is 0 Å². The third-order valence-electron chi connectivity index (χ3n) is 2.95. The van der Waals surface area contributed by atoms with Crippen molar-refractivity contribution in [3.8, 4) is 11.3 Å². The Morgan fingerprint density at radius 3 is 2.60 bits per heavy atom. The predicted octanol–water partition coefficient (Wildman–Crippen LogP) is 2.81. The van der Waals surface area contributed by atoms with Gasteiger partial charge >= 0.3 is 0 Å². The fourth-order valence-electron chi connectivity index (χ4n) is 1.78. The second kappa shape index (κ2) is 5.82. The number of rotatable bonds is 3. The van der Waals surface area contributed by atoms with Crippen LogP contribution >= 0.6 is 0 Å². The van der Waals surface area contributed by atoms with Gasteiger partial charge in [0.25, 0.3) is 0 Å². The third-order valence-corrected chi connectivity index (χ3v) is 2.95. The molecule has 1 N–H and O–H groups in total. The van der Waals surface area contributed by atoms with Crippen molar-refractivity contribution in [3.63, 3.8) is 0 Å². The lowest BCUT2D eigenvalue weighted by atomic mass is 9.95. The molecule has 2 aromatic rings. The standard InChI is InChI=1S/C16H19N3O/c1-16(2,3)15(20)19-11-13-7-5-9-18-14(13)12-6-4-8-17-10-12/h4-10H,11H2,1-3H3,(H,19,20). The van der Waals surface area contributed by atoms with Crippen LogP contribution in [0.3, 0.4) is 0 Å². The van der Waals surface area contributed by atoms with E-state index in [0.717, 1.165) is 16.8 Å². The van der Waals surface area contributed by atoms with Crippen molar-refractivity contribution in [1.82, 2.24) is 15.3 Å². The fourth-order valence-corrected chi connectivity index (χ4v) is 1.78. The summed E-state index contributed by atoms with van der Waals surface area (Å²) in [6, 6.07) is 7.68. The minimum atomic E-state index is -0.392. The highest BCUT2D eigenvalue weighted by Gasteiger charge is 2.21. The molecule has 0 aromatic carbocycles. The molecule has 2 rings (SSSR count). The molecule has 0 radical (unpaired) electrons. The summed E-state index contributed by atoms with van der Waals surface area (Å²) < 4.78 is 0. The van der Waals surface area contributed by atoms with Gasteiger partial charge < -0.3 is 5.32 Å². The number of nitrogens with one attached hydrogen (secondary N) is 1. The minimum Gasteiger partial charge on any atom is -0.351 e. The molecular weight excluding hydrogens is 250 g/mol. The highest BCUT2D eigenvalue weighted by atomic mass is 16.2. The Balaban J connectivity index is 2.20. The fraction of sp³-hybridized carbons (Fsp3) is 0.312. The molecule has 0 fully saturated rings. The van der Waals surface area contributed by atoms with Crippen molar-refractivity contribution in [3.05, 3.63) is 48.4 Å². The van der Waals surface area contributed by atoms with Gasteiger partial charge in [0.1, 0.15) is 0 Å². The van der Waals surface area contributed by atoms with Crippen LogP contribution in [-0.2, 0) is 11.3 Å². The molecule has 0 atom stereocenters. The van der Waals surface area contributed by atoms with Crippen LogP contribution in [-0.4, -0.2) is 15.9 Å². The van der Waals surface area contributed by atoms with Gasteiger partial charge in [0, 0.05) is 36.1 Å². The molecule has 0 unspecified atom stereocenters. The molecule has 0 aliphatic heterocycles. The average Bonchev–Trinajstić information content (AvgIpc) is 2.45. The molecule has 0 aliphatic carbocycles. The van der Waals surface area contributed by atoms with Crippen LogP contribution in [0.25, 0.3) is 11.3 Å². The maximum atomic E-state index is 11.9. The SMILES string of the molecule is CC(C)(C)C(=O)NCc1cccnc1-c1cccnc1. The zero-order valence-corrected chi connectivity index (χ0v) is 12.1. The summed E-state index contributed by atoms with van der Waals surface area (Å²) in [5, 5.41) is 2.95. The van der Waals surface area contributed by atoms with Crippen LogP contribution in [0, 0.1) is 5.41 Å². The van der Waals surface area contributed by atoms with E-state index in [1.54, 1.807) is 18.6 Å². The number of nitrogens with zero attached hydrogens (tertiary/aromatic N) is 2. The van der Waals surface area contributed by atoms with Crippen LogP contribution in [0.2, 0.25) is 0 Å². The number of aromatic nitrogens is 2. The minimum absolute atomic E-state index is 0.0264. The van der Waals surface area contributed by atoms with E-state index in [9.17, 15) is 4.79 Å². The Morgan fingerprint density at radius 2 is 1.95 bits per heavy atom. The summed E-state index contributed by atoms with van der Waals surface area (Å²) >= 11 is 0. The van der Waals surface area contributed by atoms with E-state index in [2.05, 4.69) is 15.3 Å². The smallest absolute Gasteiger partial charge is 0.225 e. The van der Waals surface area contributed by atoms with Crippen molar-refractivity contribution >= 4 is 5.91 Å². The lowest BCUT2D eigenvalue weighted by Crippen LogP contribution is -2.34. The quantitative estimate of drug-likeness (QED) is 0.932. The maximum absolute atomic E-state index is 11.9. The summed E-state index contributed by atoms with van der Waals surface area (Å²) in [7, 11) is 0. The third kappa shape index (κ3) is 3.41. The first kappa shape index (κ1) is 14.2. The lowest BCUT2D eigenvalue weighted by molar-refractivity contribution is -0.128. The molecule has 0 aliphatic rings. The highest BCUT2D eigenvalue weighted by molar-refractivity contribution is 5.81. The second-order valence-electron chi connectivity index (χ2n) is 5.69. The van der Waals surface area contributed by atoms with Gasteiger partial charge in [-0.05, 0) is 23.8 Å². The first-order valence-corrected chi connectivity index (χ1v) is 6.61. The summed E-state index contributed by atoms with van der Waals surface area (Å²) in [6.07, 6.45) is 5.25. The van der Waals surface area contributed by atoms with E-state index in [-0.39, 0.29) is 5.91 Å². The number of hydrogen-bond acceptors (Lipinski definition) is 3. The Morgan fingerprint density at radius 1 is 1.20 bits per heavy atom. The largest absolute Gasteiger partial charge is 0.351 e. The van der Waals surface area contributed by atoms with Gasteiger partial charge in [-0.2, -0.15) is 0 Å². The molecule has 2 aromatic heterocycles. The molecule has 0 saturated carbocycles. The molecule has 0 spiro atoms. The van der Waals surface area contributed by atoms with E-state index in [4.69, 9.17) is 0 Å². The molecule has 20 heavy (non-hydrogen) atoms. The average molecular weight is 269 g/mol. The molecule has 2 heterocycles. The van der Waals surface area contributed by atoms with Gasteiger partial charge in [-0.25, -0.2) is 0 Å². The molecule has 4 nitrogen and oxygen atoms in total. The Hall–Kier alpha value is -2.23. The van der Waals surface area contributed by atoms with Crippen molar-refractivity contribution in [1.29, 1.82) is 0 Å². The van der Waals surface area contributed by atoms with E-state index in [1.807, 2.05) is 45.0 Å². The normalized spacial score (nSPS) is 11.2. The van der Waals surface area contributed by atoms with Gasteiger partial charge in [0.15, 0.2) is 0 Å². The Labute approximate surface area is 119 Å². The van der Waals surface area contributed by atoms with E-state index < -0.39 is 5.41 Å². The van der Waals surface area contributed by atoms with Crippen LogP contribution < -0.4 is 5.32 Å². The summed E-state index contributed by atoms with van der Waals surface area (Å²) in [4.78, 5) is 20.4. The van der Waals surface area contributed by atoms with E-state index in [0.29, 0.717) is 6.54 Å².